The van der Waals surface area contributed by atoms with Gasteiger partial charge in [-0.3, -0.25) is 0 Å². The summed E-state index contributed by atoms with van der Waals surface area (Å²) in [6, 6.07) is 3.38. The summed E-state index contributed by atoms with van der Waals surface area (Å²) in [5, 5.41) is 10.1. The normalized spacial score (nSPS) is 19.3. The van der Waals surface area contributed by atoms with E-state index in [0.717, 1.165) is 18.6 Å². The number of alkyl halides is 3. The van der Waals surface area contributed by atoms with E-state index in [1.807, 2.05) is 0 Å². The minimum Gasteiger partial charge on any atom is -0.385 e. The first kappa shape index (κ1) is 11.9. The molecule has 1 saturated carbocycles. The summed E-state index contributed by atoms with van der Waals surface area (Å²) in [6.45, 7) is 0. The van der Waals surface area contributed by atoms with Crippen molar-refractivity contribution in [3.05, 3.63) is 33.8 Å². The van der Waals surface area contributed by atoms with Gasteiger partial charge in [-0.2, -0.15) is 13.2 Å². The van der Waals surface area contributed by atoms with Crippen molar-refractivity contribution in [3.8, 4) is 0 Å². The molecule has 0 unspecified atom stereocenters. The highest BCUT2D eigenvalue weighted by molar-refractivity contribution is 9.10. The first-order valence-corrected chi connectivity index (χ1v) is 5.72. The van der Waals surface area contributed by atoms with Crippen molar-refractivity contribution in [3.63, 3.8) is 0 Å². The molecule has 0 aliphatic heterocycles. The van der Waals surface area contributed by atoms with Crippen LogP contribution >= 0.6 is 15.9 Å². The van der Waals surface area contributed by atoms with Crippen molar-refractivity contribution >= 4 is 15.9 Å². The summed E-state index contributed by atoms with van der Waals surface area (Å²) in [7, 11) is 0. The van der Waals surface area contributed by atoms with Gasteiger partial charge >= 0.3 is 6.18 Å². The van der Waals surface area contributed by atoms with E-state index in [1.165, 1.54) is 6.07 Å². The highest BCUT2D eigenvalue weighted by Gasteiger charge is 2.40. The third-order valence-electron chi connectivity index (χ3n) is 2.98. The van der Waals surface area contributed by atoms with Crippen LogP contribution in [0.2, 0.25) is 0 Å². The van der Waals surface area contributed by atoms with Crippen LogP contribution in [0.15, 0.2) is 22.7 Å². The molecular weight excluding hydrogens is 285 g/mol. The van der Waals surface area contributed by atoms with Crippen LogP contribution in [-0.2, 0) is 11.8 Å². The van der Waals surface area contributed by atoms with Crippen LogP contribution in [0.25, 0.3) is 0 Å². The maximum atomic E-state index is 12.5. The van der Waals surface area contributed by atoms with Crippen LogP contribution in [0.1, 0.15) is 30.4 Å². The van der Waals surface area contributed by atoms with Crippen LogP contribution < -0.4 is 0 Å². The largest absolute Gasteiger partial charge is 0.416 e. The fourth-order valence-electron chi connectivity index (χ4n) is 1.84. The summed E-state index contributed by atoms with van der Waals surface area (Å²) < 4.78 is 38.1. The SMILES string of the molecule is OC1(c2cc(C(F)(F)F)ccc2Br)CCC1. The van der Waals surface area contributed by atoms with Crippen LogP contribution in [0.4, 0.5) is 13.2 Å². The molecule has 16 heavy (non-hydrogen) atoms. The van der Waals surface area contributed by atoms with E-state index in [9.17, 15) is 18.3 Å². The Kier molecular flexibility index (Phi) is 2.78. The average Bonchev–Trinajstić information content (AvgIpc) is 2.13. The molecule has 0 atom stereocenters. The lowest BCUT2D eigenvalue weighted by Gasteiger charge is -2.38. The number of hydrogen-bond acceptors (Lipinski definition) is 1. The second kappa shape index (κ2) is 3.74. The van der Waals surface area contributed by atoms with Gasteiger partial charge < -0.3 is 5.11 Å². The predicted molar refractivity (Wildman–Crippen MR) is 56.9 cm³/mol. The lowest BCUT2D eigenvalue weighted by molar-refractivity contribution is -0.137. The highest BCUT2D eigenvalue weighted by atomic mass is 79.9. The molecule has 1 aromatic carbocycles. The van der Waals surface area contributed by atoms with E-state index >= 15 is 0 Å². The molecule has 0 aromatic heterocycles. The molecule has 1 aliphatic rings. The molecule has 1 aromatic rings. The third kappa shape index (κ3) is 1.98. The zero-order valence-corrected chi connectivity index (χ0v) is 9.90. The second-order valence-corrected chi connectivity index (χ2v) is 4.93. The van der Waals surface area contributed by atoms with E-state index in [1.54, 1.807) is 0 Å². The van der Waals surface area contributed by atoms with Gasteiger partial charge in [0.1, 0.15) is 0 Å². The Bertz CT molecular complexity index is 410. The summed E-state index contributed by atoms with van der Waals surface area (Å²) in [5.41, 5.74) is -1.46. The van der Waals surface area contributed by atoms with E-state index in [2.05, 4.69) is 15.9 Å². The lowest BCUT2D eigenvalue weighted by Crippen LogP contribution is -2.34. The molecule has 0 spiro atoms. The van der Waals surface area contributed by atoms with Crippen LogP contribution in [0, 0.1) is 0 Å². The monoisotopic (exact) mass is 294 g/mol. The molecule has 88 valence electrons. The van der Waals surface area contributed by atoms with Gasteiger partial charge in [-0.05, 0) is 43.0 Å². The Morgan fingerprint density at radius 3 is 2.31 bits per heavy atom. The molecular formula is C11H10BrF3O. The van der Waals surface area contributed by atoms with Crippen molar-refractivity contribution in [1.29, 1.82) is 0 Å². The van der Waals surface area contributed by atoms with E-state index in [0.29, 0.717) is 22.9 Å². The smallest absolute Gasteiger partial charge is 0.385 e. The van der Waals surface area contributed by atoms with Crippen molar-refractivity contribution in [2.75, 3.05) is 0 Å². The summed E-state index contributed by atoms with van der Waals surface area (Å²) in [4.78, 5) is 0. The Balaban J connectivity index is 2.45. The molecule has 0 bridgehead atoms. The third-order valence-corrected chi connectivity index (χ3v) is 3.67. The quantitative estimate of drug-likeness (QED) is 0.834. The van der Waals surface area contributed by atoms with Crippen LogP contribution in [0.3, 0.4) is 0 Å². The van der Waals surface area contributed by atoms with Crippen molar-refractivity contribution < 1.29 is 18.3 Å². The molecule has 0 heterocycles. The molecule has 1 fully saturated rings. The zero-order chi connectivity index (χ0) is 12.0. The number of rotatable bonds is 1. The van der Waals surface area contributed by atoms with Crippen molar-refractivity contribution in [2.24, 2.45) is 0 Å². The summed E-state index contributed by atoms with van der Waals surface area (Å²) >= 11 is 3.18. The first-order chi connectivity index (χ1) is 7.33. The van der Waals surface area contributed by atoms with Crippen LogP contribution in [0.5, 0.6) is 0 Å². The Hall–Kier alpha value is -0.550. The molecule has 1 aliphatic carbocycles. The number of benzene rings is 1. The van der Waals surface area contributed by atoms with Gasteiger partial charge in [-0.25, -0.2) is 0 Å². The van der Waals surface area contributed by atoms with Crippen molar-refractivity contribution in [2.45, 2.75) is 31.0 Å². The van der Waals surface area contributed by atoms with Gasteiger partial charge in [0.2, 0.25) is 0 Å². The van der Waals surface area contributed by atoms with E-state index < -0.39 is 17.3 Å². The standard InChI is InChI=1S/C11H10BrF3O/c12-9-3-2-7(11(13,14)15)6-8(9)10(16)4-1-5-10/h2-3,6,16H,1,4-5H2. The second-order valence-electron chi connectivity index (χ2n) is 4.08. The number of halogens is 4. The van der Waals surface area contributed by atoms with Gasteiger partial charge in [-0.1, -0.05) is 15.9 Å². The first-order valence-electron chi connectivity index (χ1n) is 4.92. The topological polar surface area (TPSA) is 20.2 Å². The fraction of sp³-hybridized carbons (Fsp3) is 0.455. The van der Waals surface area contributed by atoms with Gasteiger partial charge in [0, 0.05) is 4.47 Å². The molecule has 1 nitrogen and oxygen atoms in total. The van der Waals surface area contributed by atoms with Gasteiger partial charge in [0.15, 0.2) is 0 Å². The van der Waals surface area contributed by atoms with Gasteiger partial charge in [0.25, 0.3) is 0 Å². The Labute approximate surface area is 99.4 Å². The van der Waals surface area contributed by atoms with Crippen molar-refractivity contribution in [1.82, 2.24) is 0 Å². The zero-order valence-electron chi connectivity index (χ0n) is 8.31. The molecule has 1 N–H and O–H groups in total. The van der Waals surface area contributed by atoms with E-state index in [-0.39, 0.29) is 0 Å². The number of hydrogen-bond donors (Lipinski definition) is 1. The minimum absolute atomic E-state index is 0.341. The Morgan fingerprint density at radius 2 is 1.88 bits per heavy atom. The van der Waals surface area contributed by atoms with E-state index in [4.69, 9.17) is 0 Å². The van der Waals surface area contributed by atoms with Gasteiger partial charge in [-0.15, -0.1) is 0 Å². The maximum absolute atomic E-state index is 12.5. The molecule has 0 amide bonds. The lowest BCUT2D eigenvalue weighted by atomic mass is 9.75. The summed E-state index contributed by atoms with van der Waals surface area (Å²) in [6.07, 6.45) is -2.48. The number of aliphatic hydroxyl groups is 1. The molecule has 2 rings (SSSR count). The Morgan fingerprint density at radius 1 is 1.25 bits per heavy atom. The van der Waals surface area contributed by atoms with Gasteiger partial charge in [0.05, 0.1) is 11.2 Å². The average molecular weight is 295 g/mol. The van der Waals surface area contributed by atoms with Crippen LogP contribution in [-0.4, -0.2) is 5.11 Å². The molecule has 0 saturated heterocycles. The maximum Gasteiger partial charge on any atom is 0.416 e. The molecule has 0 radical (unpaired) electrons. The summed E-state index contributed by atoms with van der Waals surface area (Å²) in [5.74, 6) is 0. The molecule has 5 heteroatoms. The highest BCUT2D eigenvalue weighted by Crippen LogP contribution is 2.45. The fourth-order valence-corrected chi connectivity index (χ4v) is 2.45. The predicted octanol–water partition coefficient (Wildman–Crippen LogP) is 3.84. The minimum atomic E-state index is -4.37.